The first-order valence-electron chi connectivity index (χ1n) is 7.65. The number of halogens is 1. The van der Waals surface area contributed by atoms with Gasteiger partial charge in [-0.3, -0.25) is 14.2 Å². The van der Waals surface area contributed by atoms with E-state index < -0.39 is 0 Å². The predicted molar refractivity (Wildman–Crippen MR) is 97.2 cm³/mol. The van der Waals surface area contributed by atoms with Crippen LogP contribution in [0.2, 0.25) is 5.02 Å². The molecule has 24 heavy (non-hydrogen) atoms. The number of benzene rings is 1. The molecule has 1 amide bonds. The minimum absolute atomic E-state index is 0.0563. The molecular weight excluding hydrogens is 346 g/mol. The van der Waals surface area contributed by atoms with Crippen LogP contribution in [-0.4, -0.2) is 21.2 Å². The molecule has 0 radical (unpaired) electrons. The Morgan fingerprint density at radius 3 is 2.92 bits per heavy atom. The number of aromatic nitrogens is 2. The molecule has 0 bridgehead atoms. The smallest absolute Gasteiger partial charge is 0.257 e. The van der Waals surface area contributed by atoms with Gasteiger partial charge in [0, 0.05) is 34.1 Å². The zero-order valence-corrected chi connectivity index (χ0v) is 15.3. The zero-order valence-electron chi connectivity index (χ0n) is 13.7. The number of carbonyl (C=O) groups is 1. The molecule has 2 heterocycles. The molecule has 5 nitrogen and oxygen atoms in total. The lowest BCUT2D eigenvalue weighted by Gasteiger charge is -2.15. The lowest BCUT2D eigenvalue weighted by molar-refractivity contribution is -0.116. The van der Waals surface area contributed by atoms with Gasteiger partial charge in [-0.25, -0.2) is 4.98 Å². The molecule has 1 aliphatic heterocycles. The molecule has 1 aromatic heterocycles. The molecule has 0 fully saturated rings. The number of nitrogens with zero attached hydrogens (tertiary/aromatic N) is 2. The molecule has 7 heteroatoms. The van der Waals surface area contributed by atoms with E-state index in [-0.39, 0.29) is 23.9 Å². The van der Waals surface area contributed by atoms with Crippen molar-refractivity contribution in [2.24, 2.45) is 0 Å². The maximum Gasteiger partial charge on any atom is 0.257 e. The summed E-state index contributed by atoms with van der Waals surface area (Å²) in [6.07, 6.45) is 0.232. The van der Waals surface area contributed by atoms with Crippen molar-refractivity contribution < 1.29 is 4.79 Å². The molecule has 2 aromatic rings. The minimum Gasteiger partial charge on any atom is -0.326 e. The zero-order chi connectivity index (χ0) is 17.4. The normalized spacial score (nSPS) is 16.1. The molecule has 1 aromatic carbocycles. The highest BCUT2D eigenvalue weighted by molar-refractivity contribution is 7.99. The number of fused-ring (bicyclic) bond motifs is 1. The van der Waals surface area contributed by atoms with E-state index in [4.69, 9.17) is 11.6 Å². The third-order valence-electron chi connectivity index (χ3n) is 4.22. The van der Waals surface area contributed by atoms with Crippen molar-refractivity contribution in [2.75, 3.05) is 11.1 Å². The summed E-state index contributed by atoms with van der Waals surface area (Å²) in [5, 5.41) is 4.15. The number of nitrogens with one attached hydrogen (secondary N) is 1. The molecule has 126 valence electrons. The van der Waals surface area contributed by atoms with Gasteiger partial charge in [0.15, 0.2) is 5.16 Å². The van der Waals surface area contributed by atoms with E-state index in [1.165, 1.54) is 11.8 Å². The van der Waals surface area contributed by atoms with Crippen molar-refractivity contribution >= 4 is 35.0 Å². The fraction of sp³-hybridized carbons (Fsp3) is 0.353. The minimum atomic E-state index is -0.177. The average molecular weight is 364 g/mol. The van der Waals surface area contributed by atoms with Crippen LogP contribution in [0.15, 0.2) is 28.2 Å². The molecule has 3 rings (SSSR count). The lowest BCUT2D eigenvalue weighted by atomic mass is 10.1. The predicted octanol–water partition coefficient (Wildman–Crippen LogP) is 3.50. The Bertz CT molecular complexity index is 879. The van der Waals surface area contributed by atoms with Crippen molar-refractivity contribution in [3.05, 3.63) is 50.4 Å². The molecule has 1 unspecified atom stereocenters. The highest BCUT2D eigenvalue weighted by Crippen LogP contribution is 2.33. The fourth-order valence-electron chi connectivity index (χ4n) is 2.67. The number of aryl methyl sites for hydroxylation is 2. The van der Waals surface area contributed by atoms with E-state index in [0.717, 1.165) is 11.3 Å². The molecule has 0 saturated heterocycles. The van der Waals surface area contributed by atoms with Gasteiger partial charge in [-0.1, -0.05) is 29.4 Å². The monoisotopic (exact) mass is 363 g/mol. The van der Waals surface area contributed by atoms with Crippen LogP contribution in [0.25, 0.3) is 0 Å². The maximum absolute atomic E-state index is 12.5. The van der Waals surface area contributed by atoms with E-state index in [9.17, 15) is 9.59 Å². The van der Waals surface area contributed by atoms with Gasteiger partial charge in [0.05, 0.1) is 6.04 Å². The summed E-state index contributed by atoms with van der Waals surface area (Å²) in [6, 6.07) is 5.20. The summed E-state index contributed by atoms with van der Waals surface area (Å²) in [5.41, 5.74) is 2.97. The average Bonchev–Trinajstić information content (AvgIpc) is 2.91. The van der Waals surface area contributed by atoms with Gasteiger partial charge in [0.1, 0.15) is 0 Å². The van der Waals surface area contributed by atoms with Crippen molar-refractivity contribution in [1.82, 2.24) is 9.55 Å². The summed E-state index contributed by atoms with van der Waals surface area (Å²) < 4.78 is 1.65. The van der Waals surface area contributed by atoms with Crippen LogP contribution in [0.5, 0.6) is 0 Å². The van der Waals surface area contributed by atoms with Crippen molar-refractivity contribution in [2.45, 2.75) is 38.4 Å². The van der Waals surface area contributed by atoms with Crippen molar-refractivity contribution in [1.29, 1.82) is 0 Å². The second-order valence-electron chi connectivity index (χ2n) is 5.96. The summed E-state index contributed by atoms with van der Waals surface area (Å²) >= 11 is 7.50. The Morgan fingerprint density at radius 1 is 1.42 bits per heavy atom. The van der Waals surface area contributed by atoms with Crippen molar-refractivity contribution in [3.8, 4) is 0 Å². The fourth-order valence-corrected chi connectivity index (χ4v) is 4.02. The van der Waals surface area contributed by atoms with Crippen LogP contribution >= 0.6 is 23.4 Å². The topological polar surface area (TPSA) is 64.0 Å². The van der Waals surface area contributed by atoms with Gasteiger partial charge < -0.3 is 5.32 Å². The number of hydrogen-bond acceptors (Lipinski definition) is 4. The standard InChI is InChI=1S/C17H18ClN3O2S/c1-9-4-5-12(18)6-14(9)20-15(22)7-13-8-24-17-19-11(3)10(2)16(23)21(13)17/h4-6,13H,7-8H2,1-3H3,(H,20,22). The Morgan fingerprint density at radius 2 is 2.17 bits per heavy atom. The first-order valence-corrected chi connectivity index (χ1v) is 9.01. The number of rotatable bonds is 3. The summed E-state index contributed by atoms with van der Waals surface area (Å²) in [6.45, 7) is 5.51. The molecular formula is C17H18ClN3O2S. The summed E-state index contributed by atoms with van der Waals surface area (Å²) in [5.74, 6) is 0.538. The molecule has 0 spiro atoms. The Kier molecular flexibility index (Phi) is 4.69. The van der Waals surface area contributed by atoms with Gasteiger partial charge in [0.25, 0.3) is 5.56 Å². The number of thioether (sulfide) groups is 1. The van der Waals surface area contributed by atoms with Gasteiger partial charge in [-0.05, 0) is 38.5 Å². The van der Waals surface area contributed by atoms with Gasteiger partial charge >= 0.3 is 0 Å². The molecule has 1 atom stereocenters. The van der Waals surface area contributed by atoms with E-state index in [0.29, 0.717) is 27.2 Å². The number of anilines is 1. The molecule has 1 N–H and O–H groups in total. The molecule has 0 saturated carbocycles. The number of hydrogen-bond donors (Lipinski definition) is 1. The van der Waals surface area contributed by atoms with Gasteiger partial charge in [-0.2, -0.15) is 0 Å². The van der Waals surface area contributed by atoms with E-state index in [2.05, 4.69) is 10.3 Å². The number of amides is 1. The van der Waals surface area contributed by atoms with Crippen LogP contribution < -0.4 is 10.9 Å². The Hall–Kier alpha value is -1.79. The Balaban J connectivity index is 1.80. The highest BCUT2D eigenvalue weighted by atomic mass is 35.5. The quantitative estimate of drug-likeness (QED) is 0.848. The first-order chi connectivity index (χ1) is 11.4. The van der Waals surface area contributed by atoms with Crippen LogP contribution in [0.3, 0.4) is 0 Å². The van der Waals surface area contributed by atoms with E-state index in [1.807, 2.05) is 19.9 Å². The summed E-state index contributed by atoms with van der Waals surface area (Å²) in [7, 11) is 0. The van der Waals surface area contributed by atoms with Crippen molar-refractivity contribution in [3.63, 3.8) is 0 Å². The van der Waals surface area contributed by atoms with Crippen LogP contribution in [0.4, 0.5) is 5.69 Å². The molecule has 1 aliphatic rings. The molecule has 0 aliphatic carbocycles. The van der Waals surface area contributed by atoms with E-state index >= 15 is 0 Å². The second-order valence-corrected chi connectivity index (χ2v) is 7.38. The highest BCUT2D eigenvalue weighted by Gasteiger charge is 2.28. The van der Waals surface area contributed by atoms with Gasteiger partial charge in [-0.15, -0.1) is 0 Å². The third kappa shape index (κ3) is 3.21. The summed E-state index contributed by atoms with van der Waals surface area (Å²) in [4.78, 5) is 29.4. The first kappa shape index (κ1) is 17.0. The third-order valence-corrected chi connectivity index (χ3v) is 5.55. The number of carbonyl (C=O) groups excluding carboxylic acids is 1. The van der Waals surface area contributed by atoms with Crippen LogP contribution in [0.1, 0.15) is 29.3 Å². The lowest BCUT2D eigenvalue weighted by Crippen LogP contribution is -2.29. The second kappa shape index (κ2) is 6.61. The maximum atomic E-state index is 12.5. The Labute approximate surface area is 149 Å². The van der Waals surface area contributed by atoms with Gasteiger partial charge in [0.2, 0.25) is 5.91 Å². The largest absolute Gasteiger partial charge is 0.326 e. The van der Waals surface area contributed by atoms with Crippen LogP contribution in [-0.2, 0) is 4.79 Å². The van der Waals surface area contributed by atoms with E-state index in [1.54, 1.807) is 23.6 Å². The van der Waals surface area contributed by atoms with Crippen LogP contribution in [0, 0.1) is 20.8 Å². The SMILES string of the molecule is Cc1ccc(Cl)cc1NC(=O)CC1CSc2nc(C)c(C)c(=O)n21.